The van der Waals surface area contributed by atoms with Gasteiger partial charge in [0.25, 0.3) is 6.29 Å². The van der Waals surface area contributed by atoms with Gasteiger partial charge in [-0.2, -0.15) is 0 Å². The van der Waals surface area contributed by atoms with Crippen molar-refractivity contribution < 1.29 is 42.9 Å². The van der Waals surface area contributed by atoms with Crippen LogP contribution in [-0.2, 0) is 33.3 Å². The molecule has 0 saturated heterocycles. The Balaban J connectivity index is 3.78. The quantitative estimate of drug-likeness (QED) is 0.0211. The Morgan fingerprint density at radius 1 is 0.377 bits per heavy atom. The van der Waals surface area contributed by atoms with Crippen molar-refractivity contribution in [3.8, 4) is 0 Å². The van der Waals surface area contributed by atoms with Gasteiger partial charge in [0.15, 0.2) is 6.10 Å². The molecule has 0 heterocycles. The lowest BCUT2D eigenvalue weighted by atomic mass is 10.0. The molecule has 0 rings (SSSR count). The van der Waals surface area contributed by atoms with E-state index in [-0.39, 0.29) is 32.2 Å². The highest BCUT2D eigenvalue weighted by atomic mass is 16.7. The fourth-order valence-corrected chi connectivity index (χ4v) is 10.3. The van der Waals surface area contributed by atoms with E-state index in [1.165, 1.54) is 257 Å². The summed E-state index contributed by atoms with van der Waals surface area (Å²) in [6, 6.07) is 0. The number of esters is 2. The number of hydrogen-bond acceptors (Lipinski definition) is 7. The number of ether oxygens (including phenoxy) is 4. The van der Waals surface area contributed by atoms with Crippen LogP contribution in [0, 0.1) is 0 Å². The van der Waals surface area contributed by atoms with E-state index in [0.29, 0.717) is 23.9 Å². The summed E-state index contributed by atoms with van der Waals surface area (Å²) in [6.45, 7) is 4.87. The molecule has 0 aliphatic heterocycles. The summed E-state index contributed by atoms with van der Waals surface area (Å²) in [5, 5.41) is 9.68. The van der Waals surface area contributed by atoms with E-state index in [9.17, 15) is 19.5 Å². The number of hydrogen-bond donors (Lipinski definition) is 1. The second kappa shape index (κ2) is 60.1. The van der Waals surface area contributed by atoms with Crippen LogP contribution in [0.5, 0.6) is 0 Å². The van der Waals surface area contributed by atoms with Crippen molar-refractivity contribution in [1.82, 2.24) is 0 Å². The molecule has 0 aliphatic rings. The van der Waals surface area contributed by atoms with Crippen LogP contribution in [0.15, 0.2) is 12.2 Å². The van der Waals surface area contributed by atoms with Crippen LogP contribution in [0.4, 0.5) is 0 Å². The zero-order valence-corrected chi connectivity index (χ0v) is 52.2. The summed E-state index contributed by atoms with van der Waals surface area (Å²) in [5.41, 5.74) is 0. The van der Waals surface area contributed by atoms with E-state index >= 15 is 0 Å². The first kappa shape index (κ1) is 75.0. The fourth-order valence-electron chi connectivity index (χ4n) is 10.3. The molecule has 0 aliphatic carbocycles. The number of carbonyl (C=O) groups is 3. The molecule has 0 aromatic carbocycles. The largest absolute Gasteiger partial charge is 0.477 e. The van der Waals surface area contributed by atoms with E-state index in [4.69, 9.17) is 18.9 Å². The molecule has 2 atom stereocenters. The van der Waals surface area contributed by atoms with Crippen LogP contribution >= 0.6 is 0 Å². The molecule has 0 saturated carbocycles. The van der Waals surface area contributed by atoms with Gasteiger partial charge in [-0.3, -0.25) is 9.59 Å². The molecule has 1 N–H and O–H groups in total. The second-order valence-corrected chi connectivity index (χ2v) is 24.5. The summed E-state index contributed by atoms with van der Waals surface area (Å²) < 4.78 is 22.8. The van der Waals surface area contributed by atoms with Gasteiger partial charge < -0.3 is 28.5 Å². The lowest BCUT2D eigenvalue weighted by Crippen LogP contribution is -2.40. The van der Waals surface area contributed by atoms with Crippen molar-refractivity contribution >= 4 is 17.9 Å². The van der Waals surface area contributed by atoms with E-state index in [2.05, 4.69) is 26.0 Å². The third-order valence-electron chi connectivity index (χ3n) is 15.5. The maximum atomic E-state index is 12.8. The number of carboxylic acid groups (broad SMARTS) is 1. The number of allylic oxidation sites excluding steroid dienone is 2. The Kier molecular flexibility index (Phi) is 58.6. The molecule has 77 heavy (non-hydrogen) atoms. The lowest BCUT2D eigenvalue weighted by molar-refractivity contribution is -0.870. The van der Waals surface area contributed by atoms with Crippen molar-refractivity contribution in [3.05, 3.63) is 12.2 Å². The number of aliphatic carboxylic acids is 1. The van der Waals surface area contributed by atoms with Crippen molar-refractivity contribution in [3.63, 3.8) is 0 Å². The number of nitrogens with zero attached hydrogens (tertiary/aromatic N) is 1. The minimum absolute atomic E-state index is 0.179. The van der Waals surface area contributed by atoms with Crippen LogP contribution in [0.25, 0.3) is 0 Å². The molecular weight excluding hydrogens is 959 g/mol. The summed E-state index contributed by atoms with van der Waals surface area (Å²) in [7, 11) is 5.97. The third kappa shape index (κ3) is 61.5. The van der Waals surface area contributed by atoms with E-state index < -0.39 is 24.3 Å². The highest BCUT2D eigenvalue weighted by molar-refractivity contribution is 5.71. The average Bonchev–Trinajstić information content (AvgIpc) is 3.40. The zero-order valence-electron chi connectivity index (χ0n) is 52.2. The van der Waals surface area contributed by atoms with Gasteiger partial charge in [0, 0.05) is 12.8 Å². The second-order valence-electron chi connectivity index (χ2n) is 24.5. The van der Waals surface area contributed by atoms with Crippen molar-refractivity contribution in [2.45, 2.75) is 360 Å². The fraction of sp³-hybridized carbons (Fsp3) is 0.926. The first-order valence-corrected chi connectivity index (χ1v) is 33.9. The Labute approximate surface area is 478 Å². The first-order valence-electron chi connectivity index (χ1n) is 33.9. The minimum atomic E-state index is -1.51. The number of unbranched alkanes of at least 4 members (excludes halogenated alkanes) is 47. The normalized spacial score (nSPS) is 12.7. The summed E-state index contributed by atoms with van der Waals surface area (Å²) >= 11 is 0. The highest BCUT2D eigenvalue weighted by Crippen LogP contribution is 2.19. The van der Waals surface area contributed by atoms with Crippen LogP contribution in [0.3, 0.4) is 0 Å². The monoisotopic (exact) mass is 1090 g/mol. The topological polar surface area (TPSA) is 108 Å². The van der Waals surface area contributed by atoms with Gasteiger partial charge in [0.1, 0.15) is 13.2 Å². The molecule has 9 heteroatoms. The SMILES string of the molecule is CCCC/C=C\CCCCCCCC(=O)OC(COC(=O)CCCCCCCCCCCCCCCCCCCCCCCCCCCCCCCCCCCCCCCCCCC)COC(OCC[N+](C)(C)C)C(=O)O. The Hall–Kier alpha value is -1.97. The highest BCUT2D eigenvalue weighted by Gasteiger charge is 2.25. The Morgan fingerprint density at radius 2 is 0.675 bits per heavy atom. The number of carboxylic acids is 1. The molecule has 0 aromatic heterocycles. The van der Waals surface area contributed by atoms with Crippen LogP contribution in [-0.4, -0.2) is 87.4 Å². The molecule has 0 fully saturated rings. The maximum absolute atomic E-state index is 12.8. The lowest BCUT2D eigenvalue weighted by Gasteiger charge is -2.25. The molecule has 9 nitrogen and oxygen atoms in total. The molecule has 2 unspecified atom stereocenters. The number of quaternary nitrogens is 1. The molecule has 0 bridgehead atoms. The molecular formula is C68H132NO8+. The van der Waals surface area contributed by atoms with Crippen LogP contribution < -0.4 is 0 Å². The number of rotatable bonds is 64. The standard InChI is InChI=1S/C68H131NO8/c1-6-8-10-12-14-16-18-19-20-21-22-23-24-25-26-27-28-29-30-31-32-33-34-35-36-37-38-39-40-41-42-43-44-45-46-47-49-50-52-54-56-58-65(70)75-62-64(63-76-68(67(72)73)74-61-60-69(3,4)5)77-66(71)59-57-55-53-51-48-17-15-13-11-9-7-2/h13,15,64,68H,6-12,14,16-63H2,1-5H3/p+1/b15-13-. The van der Waals surface area contributed by atoms with Crippen molar-refractivity contribution in [2.24, 2.45) is 0 Å². The maximum Gasteiger partial charge on any atom is 0.361 e. The predicted molar refractivity (Wildman–Crippen MR) is 328 cm³/mol. The van der Waals surface area contributed by atoms with Gasteiger partial charge in [-0.25, -0.2) is 4.79 Å². The van der Waals surface area contributed by atoms with Gasteiger partial charge in [-0.1, -0.05) is 315 Å². The Bertz CT molecular complexity index is 1270. The molecule has 0 spiro atoms. The predicted octanol–water partition coefficient (Wildman–Crippen LogP) is 20.5. The van der Waals surface area contributed by atoms with E-state index in [0.717, 1.165) is 57.8 Å². The molecule has 456 valence electrons. The summed E-state index contributed by atoms with van der Waals surface area (Å²) in [4.78, 5) is 37.3. The number of carbonyl (C=O) groups excluding carboxylic acids is 2. The molecule has 0 radical (unpaired) electrons. The van der Waals surface area contributed by atoms with Gasteiger partial charge in [-0.05, 0) is 32.1 Å². The minimum Gasteiger partial charge on any atom is -0.477 e. The van der Waals surface area contributed by atoms with Gasteiger partial charge in [-0.15, -0.1) is 0 Å². The molecule has 0 amide bonds. The zero-order chi connectivity index (χ0) is 56.2. The van der Waals surface area contributed by atoms with Crippen molar-refractivity contribution in [1.29, 1.82) is 0 Å². The summed E-state index contributed by atoms with van der Waals surface area (Å²) in [6.07, 6.45) is 69.5. The van der Waals surface area contributed by atoms with E-state index in [1.54, 1.807) is 0 Å². The smallest absolute Gasteiger partial charge is 0.361 e. The summed E-state index contributed by atoms with van der Waals surface area (Å²) in [5.74, 6) is -2.00. The van der Waals surface area contributed by atoms with E-state index in [1.807, 2.05) is 21.1 Å². The van der Waals surface area contributed by atoms with Crippen LogP contribution in [0.1, 0.15) is 348 Å². The van der Waals surface area contributed by atoms with Crippen LogP contribution in [0.2, 0.25) is 0 Å². The average molecular weight is 1090 g/mol. The number of likely N-dealkylation sites (N-methyl/N-ethyl adjacent to an activating group) is 1. The van der Waals surface area contributed by atoms with Gasteiger partial charge >= 0.3 is 17.9 Å². The first-order chi connectivity index (χ1) is 37.6. The Morgan fingerprint density at radius 3 is 1.00 bits per heavy atom. The van der Waals surface area contributed by atoms with Crippen molar-refractivity contribution in [2.75, 3.05) is 47.5 Å². The third-order valence-corrected chi connectivity index (χ3v) is 15.5. The van der Waals surface area contributed by atoms with Gasteiger partial charge in [0.05, 0.1) is 34.4 Å². The van der Waals surface area contributed by atoms with Gasteiger partial charge in [0.2, 0.25) is 0 Å². The molecule has 0 aromatic rings.